The fourth-order valence-corrected chi connectivity index (χ4v) is 3.93. The molecule has 1 saturated heterocycles. The van der Waals surface area contributed by atoms with Gasteiger partial charge in [-0.15, -0.1) is 0 Å². The first kappa shape index (κ1) is 21.2. The number of hydrogen-bond donors (Lipinski definition) is 1. The van der Waals surface area contributed by atoms with Crippen molar-refractivity contribution in [3.05, 3.63) is 54.1 Å². The summed E-state index contributed by atoms with van der Waals surface area (Å²) >= 11 is 0. The van der Waals surface area contributed by atoms with Gasteiger partial charge >= 0.3 is 0 Å². The van der Waals surface area contributed by atoms with Crippen molar-refractivity contribution in [1.82, 2.24) is 10.3 Å². The van der Waals surface area contributed by atoms with Gasteiger partial charge in [0.1, 0.15) is 11.3 Å². The largest absolute Gasteiger partial charge is 0.494 e. The lowest BCUT2D eigenvalue weighted by molar-refractivity contribution is -0.126. The van der Waals surface area contributed by atoms with Crippen LogP contribution in [0.25, 0.3) is 11.1 Å². The first-order valence-corrected chi connectivity index (χ1v) is 11.3. The zero-order valence-corrected chi connectivity index (χ0v) is 18.3. The second-order valence-electron chi connectivity index (χ2n) is 8.23. The van der Waals surface area contributed by atoms with Gasteiger partial charge in [0.15, 0.2) is 5.58 Å². The van der Waals surface area contributed by atoms with Crippen molar-refractivity contribution in [2.24, 2.45) is 5.92 Å². The normalized spacial score (nSPS) is 15.7. The number of carbonyl (C=O) groups excluding carboxylic acids is 1. The van der Waals surface area contributed by atoms with Crippen molar-refractivity contribution < 1.29 is 13.9 Å². The average molecular weight is 422 g/mol. The van der Waals surface area contributed by atoms with E-state index in [0.29, 0.717) is 6.01 Å². The Bertz CT molecular complexity index is 958. The number of benzene rings is 2. The van der Waals surface area contributed by atoms with Crippen LogP contribution in [0.4, 0.5) is 6.01 Å². The van der Waals surface area contributed by atoms with E-state index in [9.17, 15) is 4.79 Å². The maximum Gasteiger partial charge on any atom is 0.298 e. The molecule has 1 aromatic heterocycles. The molecule has 0 saturated carbocycles. The molecule has 2 aromatic carbocycles. The SMILES string of the molecule is CCCCOc1ccc([C@H](C)NC(=O)C2CCN(c3nc4ccccc4o3)CC2)cc1. The summed E-state index contributed by atoms with van der Waals surface area (Å²) in [6.45, 7) is 6.45. The Morgan fingerprint density at radius 2 is 1.94 bits per heavy atom. The van der Waals surface area contributed by atoms with E-state index < -0.39 is 0 Å². The second-order valence-corrected chi connectivity index (χ2v) is 8.23. The van der Waals surface area contributed by atoms with Gasteiger partial charge in [0.05, 0.1) is 12.6 Å². The Kier molecular flexibility index (Phi) is 6.75. The van der Waals surface area contributed by atoms with E-state index in [4.69, 9.17) is 9.15 Å². The fraction of sp³-hybridized carbons (Fsp3) is 0.440. The van der Waals surface area contributed by atoms with E-state index in [1.54, 1.807) is 0 Å². The third-order valence-electron chi connectivity index (χ3n) is 5.92. The summed E-state index contributed by atoms with van der Waals surface area (Å²) in [7, 11) is 0. The van der Waals surface area contributed by atoms with Crippen LogP contribution in [0.5, 0.6) is 5.75 Å². The molecule has 2 heterocycles. The summed E-state index contributed by atoms with van der Waals surface area (Å²) < 4.78 is 11.6. The highest BCUT2D eigenvalue weighted by atomic mass is 16.5. The first-order valence-electron chi connectivity index (χ1n) is 11.3. The first-order chi connectivity index (χ1) is 15.1. The smallest absolute Gasteiger partial charge is 0.298 e. The minimum atomic E-state index is -0.0349. The topological polar surface area (TPSA) is 67.6 Å². The highest BCUT2D eigenvalue weighted by Crippen LogP contribution is 2.27. The van der Waals surface area contributed by atoms with Crippen molar-refractivity contribution >= 4 is 23.0 Å². The quantitative estimate of drug-likeness (QED) is 0.513. The van der Waals surface area contributed by atoms with Gasteiger partial charge in [-0.1, -0.05) is 37.6 Å². The third-order valence-corrected chi connectivity index (χ3v) is 5.92. The molecular formula is C25H31N3O3. The standard InChI is InChI=1S/C25H31N3O3/c1-3-4-17-30-21-11-9-19(10-12-21)18(2)26-24(29)20-13-15-28(16-14-20)25-27-22-7-5-6-8-23(22)31-25/h5-12,18,20H,3-4,13-17H2,1-2H3,(H,26,29)/t18-/m0/s1. The molecular weight excluding hydrogens is 390 g/mol. The van der Waals surface area contributed by atoms with Crippen LogP contribution in [0.3, 0.4) is 0 Å². The molecule has 1 N–H and O–H groups in total. The van der Waals surface area contributed by atoms with E-state index in [2.05, 4.69) is 22.1 Å². The van der Waals surface area contributed by atoms with Crippen LogP contribution in [0.1, 0.15) is 51.1 Å². The molecule has 1 amide bonds. The van der Waals surface area contributed by atoms with Crippen LogP contribution >= 0.6 is 0 Å². The molecule has 1 fully saturated rings. The molecule has 31 heavy (non-hydrogen) atoms. The molecule has 0 spiro atoms. The predicted molar refractivity (Wildman–Crippen MR) is 122 cm³/mol. The van der Waals surface area contributed by atoms with Crippen LogP contribution < -0.4 is 15.0 Å². The molecule has 0 radical (unpaired) electrons. The van der Waals surface area contributed by atoms with Gasteiger partial charge in [-0.3, -0.25) is 4.79 Å². The Labute approximate surface area is 183 Å². The van der Waals surface area contributed by atoms with Crippen LogP contribution in [0.2, 0.25) is 0 Å². The fourth-order valence-electron chi connectivity index (χ4n) is 3.93. The summed E-state index contributed by atoms with van der Waals surface area (Å²) in [5, 5.41) is 3.18. The van der Waals surface area contributed by atoms with E-state index in [0.717, 1.165) is 67.8 Å². The zero-order chi connectivity index (χ0) is 21.6. The minimum absolute atomic E-state index is 0.0136. The van der Waals surface area contributed by atoms with Gasteiger partial charge in [0, 0.05) is 19.0 Å². The van der Waals surface area contributed by atoms with Gasteiger partial charge in [-0.05, 0) is 56.0 Å². The third kappa shape index (κ3) is 5.19. The van der Waals surface area contributed by atoms with E-state index in [-0.39, 0.29) is 17.9 Å². The van der Waals surface area contributed by atoms with Crippen molar-refractivity contribution in [3.8, 4) is 5.75 Å². The zero-order valence-electron chi connectivity index (χ0n) is 18.3. The lowest BCUT2D eigenvalue weighted by Crippen LogP contribution is -2.41. The van der Waals surface area contributed by atoms with Gasteiger partial charge in [-0.2, -0.15) is 4.98 Å². The average Bonchev–Trinajstić information content (AvgIpc) is 3.24. The molecule has 1 aliphatic rings. The highest BCUT2D eigenvalue weighted by molar-refractivity contribution is 5.79. The lowest BCUT2D eigenvalue weighted by atomic mass is 9.95. The molecule has 0 aliphatic carbocycles. The second kappa shape index (κ2) is 9.86. The summed E-state index contributed by atoms with van der Waals surface area (Å²) in [6, 6.07) is 16.4. The molecule has 164 valence electrons. The van der Waals surface area contributed by atoms with Crippen molar-refractivity contribution in [3.63, 3.8) is 0 Å². The van der Waals surface area contributed by atoms with Crippen LogP contribution in [0.15, 0.2) is 52.9 Å². The van der Waals surface area contributed by atoms with Crippen molar-refractivity contribution in [2.45, 2.75) is 45.6 Å². The minimum Gasteiger partial charge on any atom is -0.494 e. The Morgan fingerprint density at radius 1 is 1.19 bits per heavy atom. The molecule has 0 unspecified atom stereocenters. The Morgan fingerprint density at radius 3 is 2.65 bits per heavy atom. The van der Waals surface area contributed by atoms with E-state index in [1.807, 2.05) is 55.5 Å². The van der Waals surface area contributed by atoms with E-state index >= 15 is 0 Å². The molecule has 0 bridgehead atoms. The number of ether oxygens (including phenoxy) is 1. The summed E-state index contributed by atoms with van der Waals surface area (Å²) in [5.74, 6) is 1.01. The van der Waals surface area contributed by atoms with E-state index in [1.165, 1.54) is 0 Å². The van der Waals surface area contributed by atoms with Crippen LogP contribution in [0, 0.1) is 5.92 Å². The number of nitrogens with one attached hydrogen (secondary N) is 1. The van der Waals surface area contributed by atoms with Gasteiger partial charge < -0.3 is 19.4 Å². The number of carbonyl (C=O) groups is 1. The van der Waals surface area contributed by atoms with Gasteiger partial charge in [0.25, 0.3) is 6.01 Å². The lowest BCUT2D eigenvalue weighted by Gasteiger charge is -2.30. The number of piperidine rings is 1. The number of oxazole rings is 1. The van der Waals surface area contributed by atoms with Crippen molar-refractivity contribution in [2.75, 3.05) is 24.6 Å². The number of nitrogens with zero attached hydrogens (tertiary/aromatic N) is 2. The number of anilines is 1. The summed E-state index contributed by atoms with van der Waals surface area (Å²) in [6.07, 6.45) is 3.76. The highest BCUT2D eigenvalue weighted by Gasteiger charge is 2.28. The molecule has 1 atom stereocenters. The van der Waals surface area contributed by atoms with Crippen LogP contribution in [-0.4, -0.2) is 30.6 Å². The molecule has 6 heteroatoms. The molecule has 4 rings (SSSR count). The number of unbranched alkanes of at least 4 members (excludes halogenated alkanes) is 1. The molecule has 6 nitrogen and oxygen atoms in total. The number of para-hydroxylation sites is 2. The number of rotatable bonds is 8. The van der Waals surface area contributed by atoms with Crippen molar-refractivity contribution in [1.29, 1.82) is 0 Å². The molecule has 1 aliphatic heterocycles. The molecule has 3 aromatic rings. The summed E-state index contributed by atoms with van der Waals surface area (Å²) in [5.41, 5.74) is 2.75. The number of amides is 1. The van der Waals surface area contributed by atoms with Gasteiger partial charge in [0.2, 0.25) is 5.91 Å². The number of aromatic nitrogens is 1. The van der Waals surface area contributed by atoms with Crippen LogP contribution in [-0.2, 0) is 4.79 Å². The number of fused-ring (bicyclic) bond motifs is 1. The Balaban J connectivity index is 1.27. The summed E-state index contributed by atoms with van der Waals surface area (Å²) in [4.78, 5) is 19.5. The maximum absolute atomic E-state index is 12.8. The maximum atomic E-state index is 12.8. The predicted octanol–water partition coefficient (Wildman–Crippen LogP) is 5.10. The Hall–Kier alpha value is -3.02. The van der Waals surface area contributed by atoms with Gasteiger partial charge in [-0.25, -0.2) is 0 Å². The number of hydrogen-bond acceptors (Lipinski definition) is 5. The monoisotopic (exact) mass is 421 g/mol.